The number of para-hydroxylation sites is 1. The Balaban J connectivity index is 1.82. The molecule has 0 aliphatic carbocycles. The highest BCUT2D eigenvalue weighted by Crippen LogP contribution is 2.37. The minimum Gasteiger partial charge on any atom is -0.497 e. The number of hydrogen-bond donors (Lipinski definition) is 3. The fourth-order valence-electron chi connectivity index (χ4n) is 2.90. The Morgan fingerprint density at radius 2 is 1.68 bits per heavy atom. The van der Waals surface area contributed by atoms with E-state index in [1.807, 2.05) is 36.4 Å². The Bertz CT molecular complexity index is 660. The predicted molar refractivity (Wildman–Crippen MR) is 86.8 cm³/mol. The van der Waals surface area contributed by atoms with E-state index in [0.717, 1.165) is 34.7 Å². The lowest BCUT2D eigenvalue weighted by atomic mass is 9.96. The molecule has 116 valence electrons. The maximum absolute atomic E-state index is 6.07. The predicted octanol–water partition coefficient (Wildman–Crippen LogP) is 2.57. The second-order valence-corrected chi connectivity index (χ2v) is 5.37. The Labute approximate surface area is 130 Å². The second kappa shape index (κ2) is 6.25. The number of benzene rings is 2. The molecule has 1 aliphatic heterocycles. The van der Waals surface area contributed by atoms with Crippen LogP contribution in [0.15, 0.2) is 42.5 Å². The van der Waals surface area contributed by atoms with Crippen molar-refractivity contribution in [3.63, 3.8) is 0 Å². The Morgan fingerprint density at radius 3 is 2.36 bits per heavy atom. The van der Waals surface area contributed by atoms with Crippen molar-refractivity contribution >= 4 is 5.69 Å². The van der Waals surface area contributed by atoms with Crippen molar-refractivity contribution in [1.29, 1.82) is 0 Å². The van der Waals surface area contributed by atoms with Gasteiger partial charge in [-0.15, -0.1) is 0 Å². The van der Waals surface area contributed by atoms with Crippen LogP contribution in [0.1, 0.15) is 29.6 Å². The number of nitrogens with one attached hydrogen (secondary N) is 2. The molecule has 2 aromatic carbocycles. The summed E-state index contributed by atoms with van der Waals surface area (Å²) in [5.41, 5.74) is 15.8. The van der Waals surface area contributed by atoms with E-state index >= 15 is 0 Å². The molecule has 22 heavy (non-hydrogen) atoms. The van der Waals surface area contributed by atoms with Crippen molar-refractivity contribution in [3.05, 3.63) is 53.6 Å². The fraction of sp³-hybridized carbons (Fsp3) is 0.294. The molecule has 3 rings (SSSR count). The first-order valence-electron chi connectivity index (χ1n) is 7.30. The van der Waals surface area contributed by atoms with E-state index in [0.29, 0.717) is 0 Å². The molecule has 5 nitrogen and oxygen atoms in total. The third-order valence-corrected chi connectivity index (χ3v) is 4.09. The molecule has 0 radical (unpaired) electrons. The van der Waals surface area contributed by atoms with Gasteiger partial charge in [-0.25, -0.2) is 10.9 Å². The van der Waals surface area contributed by atoms with E-state index in [2.05, 4.69) is 16.9 Å². The van der Waals surface area contributed by atoms with Crippen molar-refractivity contribution in [2.45, 2.75) is 18.5 Å². The summed E-state index contributed by atoms with van der Waals surface area (Å²) in [5.74, 6) is 1.61. The Kier molecular flexibility index (Phi) is 4.18. The number of rotatable bonds is 4. The Hall–Kier alpha value is -2.24. The third-order valence-electron chi connectivity index (χ3n) is 4.09. The molecular formula is C17H21N3O2. The molecule has 5 heteroatoms. The average molecular weight is 299 g/mol. The number of anilines is 1. The van der Waals surface area contributed by atoms with E-state index < -0.39 is 0 Å². The van der Waals surface area contributed by atoms with Gasteiger partial charge in [-0.1, -0.05) is 24.3 Å². The molecule has 2 aromatic rings. The van der Waals surface area contributed by atoms with Crippen LogP contribution in [-0.2, 0) is 0 Å². The first-order chi connectivity index (χ1) is 10.7. The van der Waals surface area contributed by atoms with Crippen molar-refractivity contribution in [2.75, 3.05) is 20.0 Å². The van der Waals surface area contributed by atoms with Gasteiger partial charge in [0.15, 0.2) is 0 Å². The largest absolute Gasteiger partial charge is 0.497 e. The number of hydrogen-bond acceptors (Lipinski definition) is 5. The highest BCUT2D eigenvalue weighted by Gasteiger charge is 2.29. The van der Waals surface area contributed by atoms with Crippen molar-refractivity contribution < 1.29 is 9.47 Å². The molecule has 2 unspecified atom stereocenters. The summed E-state index contributed by atoms with van der Waals surface area (Å²) >= 11 is 0. The molecule has 1 fully saturated rings. The summed E-state index contributed by atoms with van der Waals surface area (Å²) in [7, 11) is 3.32. The fourth-order valence-corrected chi connectivity index (χ4v) is 2.90. The van der Waals surface area contributed by atoms with Crippen LogP contribution in [0, 0.1) is 0 Å². The van der Waals surface area contributed by atoms with Crippen LogP contribution < -0.4 is 26.1 Å². The quantitative estimate of drug-likeness (QED) is 0.757. The number of nitrogen functional groups attached to an aromatic ring is 1. The molecule has 2 atom stereocenters. The standard InChI is InChI=1S/C17H21N3O2/c1-21-11-7-8-13(17(9-11)22-2)16-10-15(19-20-16)12-5-3-4-6-14(12)18/h3-9,15-16,19-20H,10,18H2,1-2H3. The lowest BCUT2D eigenvalue weighted by Gasteiger charge is -2.15. The highest BCUT2D eigenvalue weighted by atomic mass is 16.5. The van der Waals surface area contributed by atoms with Crippen LogP contribution in [-0.4, -0.2) is 14.2 Å². The molecule has 0 saturated carbocycles. The third kappa shape index (κ3) is 2.73. The van der Waals surface area contributed by atoms with Gasteiger partial charge < -0.3 is 15.2 Å². The van der Waals surface area contributed by atoms with Gasteiger partial charge in [-0.3, -0.25) is 0 Å². The molecule has 1 aliphatic rings. The zero-order valence-electron chi connectivity index (χ0n) is 12.8. The van der Waals surface area contributed by atoms with Crippen molar-refractivity contribution in [2.24, 2.45) is 0 Å². The molecular weight excluding hydrogens is 278 g/mol. The number of ether oxygens (including phenoxy) is 2. The maximum Gasteiger partial charge on any atom is 0.127 e. The first kappa shape index (κ1) is 14.7. The van der Waals surface area contributed by atoms with Crippen LogP contribution in [0.2, 0.25) is 0 Å². The normalized spacial score (nSPS) is 20.8. The number of methoxy groups -OCH3 is 2. The van der Waals surface area contributed by atoms with E-state index in [-0.39, 0.29) is 12.1 Å². The topological polar surface area (TPSA) is 68.5 Å². The number of nitrogens with two attached hydrogens (primary N) is 1. The van der Waals surface area contributed by atoms with Crippen LogP contribution in [0.4, 0.5) is 5.69 Å². The molecule has 0 amide bonds. The molecule has 0 spiro atoms. The van der Waals surface area contributed by atoms with E-state index in [4.69, 9.17) is 15.2 Å². The summed E-state index contributed by atoms with van der Waals surface area (Å²) in [4.78, 5) is 0. The molecule has 1 heterocycles. The van der Waals surface area contributed by atoms with Crippen molar-refractivity contribution in [1.82, 2.24) is 10.9 Å². The van der Waals surface area contributed by atoms with Crippen LogP contribution in [0.5, 0.6) is 11.5 Å². The van der Waals surface area contributed by atoms with E-state index in [9.17, 15) is 0 Å². The minimum absolute atomic E-state index is 0.158. The van der Waals surface area contributed by atoms with Gasteiger partial charge >= 0.3 is 0 Å². The number of hydrazine groups is 1. The average Bonchev–Trinajstić information content (AvgIpc) is 3.04. The monoisotopic (exact) mass is 299 g/mol. The lowest BCUT2D eigenvalue weighted by molar-refractivity contribution is 0.386. The first-order valence-corrected chi connectivity index (χ1v) is 7.30. The second-order valence-electron chi connectivity index (χ2n) is 5.37. The van der Waals surface area contributed by atoms with Gasteiger partial charge in [-0.05, 0) is 24.1 Å². The van der Waals surface area contributed by atoms with E-state index in [1.165, 1.54) is 0 Å². The lowest BCUT2D eigenvalue weighted by Crippen LogP contribution is -2.27. The summed E-state index contributed by atoms with van der Waals surface area (Å²) in [6, 6.07) is 14.2. The maximum atomic E-state index is 6.07. The SMILES string of the molecule is COc1ccc(C2CC(c3ccccc3N)NN2)c(OC)c1. The van der Waals surface area contributed by atoms with Gasteiger partial charge in [0.25, 0.3) is 0 Å². The van der Waals surface area contributed by atoms with Gasteiger partial charge in [0.05, 0.1) is 26.3 Å². The molecule has 0 bridgehead atoms. The highest BCUT2D eigenvalue weighted by molar-refractivity contribution is 5.49. The zero-order valence-corrected chi connectivity index (χ0v) is 12.8. The Morgan fingerprint density at radius 1 is 0.955 bits per heavy atom. The van der Waals surface area contributed by atoms with Crippen molar-refractivity contribution in [3.8, 4) is 11.5 Å². The zero-order chi connectivity index (χ0) is 15.5. The molecule has 0 aromatic heterocycles. The molecule has 4 N–H and O–H groups in total. The van der Waals surface area contributed by atoms with Gasteiger partial charge in [0.2, 0.25) is 0 Å². The van der Waals surface area contributed by atoms with Gasteiger partial charge in [-0.2, -0.15) is 0 Å². The minimum atomic E-state index is 0.158. The summed E-state index contributed by atoms with van der Waals surface area (Å²) in [5, 5.41) is 0. The van der Waals surface area contributed by atoms with Crippen LogP contribution in [0.3, 0.4) is 0 Å². The summed E-state index contributed by atoms with van der Waals surface area (Å²) < 4.78 is 10.7. The molecule has 1 saturated heterocycles. The summed E-state index contributed by atoms with van der Waals surface area (Å²) in [6.07, 6.45) is 0.900. The summed E-state index contributed by atoms with van der Waals surface area (Å²) in [6.45, 7) is 0. The van der Waals surface area contributed by atoms with Gasteiger partial charge in [0.1, 0.15) is 11.5 Å². The smallest absolute Gasteiger partial charge is 0.127 e. The van der Waals surface area contributed by atoms with E-state index in [1.54, 1.807) is 14.2 Å². The van der Waals surface area contributed by atoms with Crippen LogP contribution >= 0.6 is 0 Å². The van der Waals surface area contributed by atoms with Gasteiger partial charge in [0, 0.05) is 17.3 Å². The van der Waals surface area contributed by atoms with Crippen LogP contribution in [0.25, 0.3) is 0 Å².